The van der Waals surface area contributed by atoms with Gasteiger partial charge in [-0.05, 0) is 55.0 Å². The molecule has 0 unspecified atom stereocenters. The molecule has 2 aromatic rings. The summed E-state index contributed by atoms with van der Waals surface area (Å²) in [6, 6.07) is 14.0. The van der Waals surface area contributed by atoms with E-state index in [2.05, 4.69) is 15.0 Å². The molecule has 6 heteroatoms. The first-order valence-electron chi connectivity index (χ1n) is 7.12. The molecule has 5 nitrogen and oxygen atoms in total. The van der Waals surface area contributed by atoms with Gasteiger partial charge < -0.3 is 9.47 Å². The molecule has 0 spiro atoms. The van der Waals surface area contributed by atoms with Crippen molar-refractivity contribution in [3.63, 3.8) is 0 Å². The average Bonchev–Trinajstić information content (AvgIpc) is 2.61. The summed E-state index contributed by atoms with van der Waals surface area (Å²) in [5.74, 6) is 0.982. The van der Waals surface area contributed by atoms with Crippen LogP contribution in [-0.4, -0.2) is 25.6 Å². The third-order valence-electron chi connectivity index (χ3n) is 2.95. The van der Waals surface area contributed by atoms with Crippen LogP contribution in [0.15, 0.2) is 58.8 Å². The van der Waals surface area contributed by atoms with Gasteiger partial charge in [0.25, 0.3) is 0 Å². The molecule has 2 aromatic carbocycles. The number of carbonyl (C=O) groups excluding carboxylic acids is 1. The number of nitrogens with zero attached hydrogens (tertiary/aromatic N) is 2. The number of hydrogen-bond acceptors (Lipinski definition) is 5. The molecule has 0 aliphatic heterocycles. The Morgan fingerprint density at radius 3 is 2.09 bits per heavy atom. The van der Waals surface area contributed by atoms with Crippen molar-refractivity contribution in [2.75, 3.05) is 19.6 Å². The molecule has 2 rings (SSSR count). The van der Waals surface area contributed by atoms with E-state index in [1.165, 1.54) is 7.11 Å². The molecule has 0 fully saturated rings. The van der Waals surface area contributed by atoms with Crippen molar-refractivity contribution in [1.82, 2.24) is 0 Å². The Balaban J connectivity index is 1.95. The number of hydrogen-bond donors (Lipinski definition) is 0. The van der Waals surface area contributed by atoms with Crippen molar-refractivity contribution in [2.45, 2.75) is 6.42 Å². The summed E-state index contributed by atoms with van der Waals surface area (Å²) in [5.41, 5.74) is 1.84. The van der Waals surface area contributed by atoms with Crippen LogP contribution in [0, 0.1) is 0 Å². The molecule has 0 saturated heterocycles. The van der Waals surface area contributed by atoms with Crippen LogP contribution in [0.1, 0.15) is 16.8 Å². The van der Waals surface area contributed by atoms with E-state index in [-0.39, 0.29) is 5.97 Å². The monoisotopic (exact) mass is 332 g/mol. The van der Waals surface area contributed by atoms with Crippen LogP contribution in [0.4, 0.5) is 11.4 Å². The topological polar surface area (TPSA) is 60.2 Å². The molecule has 0 heterocycles. The second-order valence-electron chi connectivity index (χ2n) is 4.62. The normalized spacial score (nSPS) is 10.7. The minimum atomic E-state index is -0.377. The fourth-order valence-corrected chi connectivity index (χ4v) is 1.86. The minimum Gasteiger partial charge on any atom is -0.494 e. The average molecular weight is 333 g/mol. The highest BCUT2D eigenvalue weighted by molar-refractivity contribution is 6.17. The van der Waals surface area contributed by atoms with Gasteiger partial charge in [-0.1, -0.05) is 0 Å². The van der Waals surface area contributed by atoms with Crippen LogP contribution >= 0.6 is 11.6 Å². The van der Waals surface area contributed by atoms with Crippen molar-refractivity contribution >= 4 is 28.9 Å². The van der Waals surface area contributed by atoms with Crippen LogP contribution in [0.3, 0.4) is 0 Å². The standard InChI is InChI=1S/C17H17ClN2O3/c1-22-17(21)13-3-5-14(6-4-13)19-20-15-7-9-16(10-8-15)23-12-2-11-18/h3-10H,2,11-12H2,1H3. The molecule has 0 aromatic heterocycles. The van der Waals surface area contributed by atoms with Gasteiger partial charge in [-0.3, -0.25) is 0 Å². The number of alkyl halides is 1. The SMILES string of the molecule is COC(=O)c1ccc(N=Nc2ccc(OCCCCl)cc2)cc1. The Hall–Kier alpha value is -2.40. The summed E-state index contributed by atoms with van der Waals surface area (Å²) in [4.78, 5) is 11.3. The third kappa shape index (κ3) is 5.38. The molecule has 0 aliphatic carbocycles. The molecule has 0 radical (unpaired) electrons. The highest BCUT2D eigenvalue weighted by Crippen LogP contribution is 2.21. The second kappa shape index (κ2) is 8.90. The lowest BCUT2D eigenvalue weighted by Crippen LogP contribution is -1.99. The van der Waals surface area contributed by atoms with Gasteiger partial charge in [0.2, 0.25) is 0 Å². The zero-order valence-corrected chi connectivity index (χ0v) is 13.5. The predicted octanol–water partition coefficient (Wildman–Crippen LogP) is 4.90. The smallest absolute Gasteiger partial charge is 0.337 e. The first-order chi connectivity index (χ1) is 11.2. The van der Waals surface area contributed by atoms with Crippen LogP contribution in [0.25, 0.3) is 0 Å². The molecule has 0 aliphatic rings. The highest BCUT2D eigenvalue weighted by Gasteiger charge is 2.03. The zero-order valence-electron chi connectivity index (χ0n) is 12.7. The fourth-order valence-electron chi connectivity index (χ4n) is 1.75. The first-order valence-corrected chi connectivity index (χ1v) is 7.65. The lowest BCUT2D eigenvalue weighted by molar-refractivity contribution is 0.0601. The zero-order chi connectivity index (χ0) is 16.5. The van der Waals surface area contributed by atoms with E-state index in [1.54, 1.807) is 24.3 Å². The number of ether oxygens (including phenoxy) is 2. The Bertz CT molecular complexity index is 655. The van der Waals surface area contributed by atoms with Crippen molar-refractivity contribution in [3.05, 3.63) is 54.1 Å². The van der Waals surface area contributed by atoms with Gasteiger partial charge in [0.1, 0.15) is 5.75 Å². The van der Waals surface area contributed by atoms with E-state index in [9.17, 15) is 4.79 Å². The number of azo groups is 1. The lowest BCUT2D eigenvalue weighted by atomic mass is 10.2. The van der Waals surface area contributed by atoms with Crippen molar-refractivity contribution in [2.24, 2.45) is 10.2 Å². The molecular weight excluding hydrogens is 316 g/mol. The molecule has 0 atom stereocenters. The largest absolute Gasteiger partial charge is 0.494 e. The molecular formula is C17H17ClN2O3. The number of methoxy groups -OCH3 is 1. The van der Waals surface area contributed by atoms with Gasteiger partial charge in [0.05, 0.1) is 30.7 Å². The molecule has 120 valence electrons. The molecule has 23 heavy (non-hydrogen) atoms. The highest BCUT2D eigenvalue weighted by atomic mass is 35.5. The van der Waals surface area contributed by atoms with Gasteiger partial charge >= 0.3 is 5.97 Å². The molecule has 0 amide bonds. The van der Waals surface area contributed by atoms with E-state index in [0.717, 1.165) is 12.2 Å². The molecule has 0 saturated carbocycles. The van der Waals surface area contributed by atoms with Crippen molar-refractivity contribution in [1.29, 1.82) is 0 Å². The number of esters is 1. The summed E-state index contributed by atoms with van der Waals surface area (Å²) in [6.07, 6.45) is 0.810. The summed E-state index contributed by atoms with van der Waals surface area (Å²) < 4.78 is 10.1. The fraction of sp³-hybridized carbons (Fsp3) is 0.235. The minimum absolute atomic E-state index is 0.377. The van der Waals surface area contributed by atoms with Gasteiger partial charge in [0, 0.05) is 5.88 Å². The Labute approximate surface area is 139 Å². The Morgan fingerprint density at radius 1 is 1.00 bits per heavy atom. The van der Waals surface area contributed by atoms with E-state index >= 15 is 0 Å². The summed E-state index contributed by atoms with van der Waals surface area (Å²) in [6.45, 7) is 0.594. The quantitative estimate of drug-likeness (QED) is 0.313. The summed E-state index contributed by atoms with van der Waals surface area (Å²) >= 11 is 5.59. The molecule has 0 bridgehead atoms. The maximum absolute atomic E-state index is 11.3. The maximum Gasteiger partial charge on any atom is 0.337 e. The van der Waals surface area contributed by atoms with E-state index < -0.39 is 0 Å². The molecule has 0 N–H and O–H groups in total. The van der Waals surface area contributed by atoms with E-state index in [1.807, 2.05) is 24.3 Å². The number of benzene rings is 2. The van der Waals surface area contributed by atoms with Gasteiger partial charge in [-0.2, -0.15) is 10.2 Å². The van der Waals surface area contributed by atoms with E-state index in [4.69, 9.17) is 16.3 Å². The van der Waals surface area contributed by atoms with Crippen LogP contribution in [0.2, 0.25) is 0 Å². The van der Waals surface area contributed by atoms with Gasteiger partial charge in [-0.15, -0.1) is 11.6 Å². The van der Waals surface area contributed by atoms with Crippen LogP contribution < -0.4 is 4.74 Å². The summed E-state index contributed by atoms with van der Waals surface area (Å²) in [7, 11) is 1.35. The van der Waals surface area contributed by atoms with Crippen LogP contribution in [0.5, 0.6) is 5.75 Å². The maximum atomic E-state index is 11.3. The van der Waals surface area contributed by atoms with Gasteiger partial charge in [0.15, 0.2) is 0 Å². The lowest BCUT2D eigenvalue weighted by Gasteiger charge is -2.04. The number of rotatable bonds is 7. The summed E-state index contributed by atoms with van der Waals surface area (Å²) in [5, 5.41) is 8.26. The van der Waals surface area contributed by atoms with Gasteiger partial charge in [-0.25, -0.2) is 4.79 Å². The Morgan fingerprint density at radius 2 is 1.57 bits per heavy atom. The first kappa shape index (κ1) is 17.0. The van der Waals surface area contributed by atoms with Crippen LogP contribution in [-0.2, 0) is 4.74 Å². The van der Waals surface area contributed by atoms with E-state index in [0.29, 0.717) is 29.4 Å². The number of carbonyl (C=O) groups is 1. The van der Waals surface area contributed by atoms with Crippen molar-refractivity contribution in [3.8, 4) is 5.75 Å². The Kier molecular flexibility index (Phi) is 6.56. The predicted molar refractivity (Wildman–Crippen MR) is 89.2 cm³/mol. The number of halogens is 1. The van der Waals surface area contributed by atoms with Crippen molar-refractivity contribution < 1.29 is 14.3 Å². The third-order valence-corrected chi connectivity index (χ3v) is 3.22. The second-order valence-corrected chi connectivity index (χ2v) is 5.00.